The number of rotatable bonds is 9. The largest absolute Gasteiger partial charge is 0.477 e. The third-order valence-electron chi connectivity index (χ3n) is 6.27. The molecule has 9 nitrogen and oxygen atoms in total. The molecule has 1 fully saturated rings. The van der Waals surface area contributed by atoms with Gasteiger partial charge in [-0.15, -0.1) is 0 Å². The molecule has 0 atom stereocenters. The van der Waals surface area contributed by atoms with Crippen molar-refractivity contribution in [3.63, 3.8) is 0 Å². The van der Waals surface area contributed by atoms with Gasteiger partial charge in [-0.1, -0.05) is 11.6 Å². The van der Waals surface area contributed by atoms with Gasteiger partial charge in [0.1, 0.15) is 18.1 Å². The Balaban J connectivity index is 1.67. The van der Waals surface area contributed by atoms with E-state index in [1.165, 1.54) is 24.3 Å². The predicted octanol–water partition coefficient (Wildman–Crippen LogP) is 3.39. The van der Waals surface area contributed by atoms with Crippen LogP contribution >= 0.6 is 11.6 Å². The summed E-state index contributed by atoms with van der Waals surface area (Å²) in [5.74, 6) is -1.06. The molecule has 0 saturated carbocycles. The van der Waals surface area contributed by atoms with Crippen LogP contribution in [0.25, 0.3) is 10.9 Å². The molecule has 3 aromatic rings. The number of esters is 1. The lowest BCUT2D eigenvalue weighted by molar-refractivity contribution is 0.0509. The van der Waals surface area contributed by atoms with E-state index in [4.69, 9.17) is 26.8 Å². The summed E-state index contributed by atoms with van der Waals surface area (Å²) in [5.41, 5.74) is 7.32. The molecule has 2 heterocycles. The van der Waals surface area contributed by atoms with Crippen molar-refractivity contribution in [2.45, 2.75) is 6.42 Å². The number of aromatic nitrogens is 1. The third-order valence-corrected chi connectivity index (χ3v) is 6.50. The van der Waals surface area contributed by atoms with Gasteiger partial charge in [0.2, 0.25) is 5.88 Å². The Morgan fingerprint density at radius 2 is 1.82 bits per heavy atom. The Labute approximate surface area is 225 Å². The highest BCUT2D eigenvalue weighted by Gasteiger charge is 2.30. The van der Waals surface area contributed by atoms with E-state index in [-0.39, 0.29) is 24.1 Å². The summed E-state index contributed by atoms with van der Waals surface area (Å²) in [5, 5.41) is 1.16. The second-order valence-corrected chi connectivity index (χ2v) is 9.63. The fraction of sp³-hybridized carbons (Fsp3) is 0.370. The molecule has 11 heteroatoms. The molecular weight excluding hydrogens is 513 g/mol. The van der Waals surface area contributed by atoms with Crippen LogP contribution in [0.15, 0.2) is 42.5 Å². The number of nitrogens with zero attached hydrogens (tertiary/aromatic N) is 4. The molecule has 0 radical (unpaired) electrons. The zero-order valence-electron chi connectivity index (χ0n) is 21.5. The minimum atomic E-state index is -0.649. The quantitative estimate of drug-likeness (QED) is 0.249. The van der Waals surface area contributed by atoms with Gasteiger partial charge in [0.25, 0.3) is 5.91 Å². The molecule has 2 N–H and O–H groups in total. The molecule has 0 unspecified atom stereocenters. The van der Waals surface area contributed by atoms with Crippen LogP contribution in [0.2, 0.25) is 5.02 Å². The zero-order valence-corrected chi connectivity index (χ0v) is 22.2. The highest BCUT2D eigenvalue weighted by atomic mass is 35.5. The van der Waals surface area contributed by atoms with Crippen molar-refractivity contribution < 1.29 is 23.5 Å². The number of benzene rings is 2. The number of halogens is 2. The number of hydrogen-bond acceptors (Lipinski definition) is 8. The van der Waals surface area contributed by atoms with Crippen LogP contribution in [0.4, 0.5) is 10.1 Å². The van der Waals surface area contributed by atoms with Gasteiger partial charge < -0.3 is 24.2 Å². The van der Waals surface area contributed by atoms with Crippen LogP contribution in [0.1, 0.15) is 27.1 Å². The summed E-state index contributed by atoms with van der Waals surface area (Å²) in [4.78, 5) is 36.5. The van der Waals surface area contributed by atoms with Crippen molar-refractivity contribution in [2.75, 3.05) is 65.1 Å². The van der Waals surface area contributed by atoms with Gasteiger partial charge in [0, 0.05) is 48.7 Å². The number of fused-ring (bicyclic) bond motifs is 1. The minimum Gasteiger partial charge on any atom is -0.477 e. The summed E-state index contributed by atoms with van der Waals surface area (Å²) in [7, 11) is 3.95. The highest BCUT2D eigenvalue weighted by Crippen LogP contribution is 2.38. The second kappa shape index (κ2) is 12.4. The van der Waals surface area contributed by atoms with Gasteiger partial charge in [0.05, 0.1) is 17.8 Å². The first kappa shape index (κ1) is 27.6. The zero-order chi connectivity index (χ0) is 27.2. The summed E-state index contributed by atoms with van der Waals surface area (Å²) in [6.07, 6.45) is 0.734. The van der Waals surface area contributed by atoms with Crippen molar-refractivity contribution in [2.24, 2.45) is 5.73 Å². The number of anilines is 1. The van der Waals surface area contributed by atoms with E-state index in [0.29, 0.717) is 60.0 Å². The molecule has 202 valence electrons. The van der Waals surface area contributed by atoms with E-state index in [1.54, 1.807) is 23.1 Å². The summed E-state index contributed by atoms with van der Waals surface area (Å²) < 4.78 is 24.5. The minimum absolute atomic E-state index is 0.164. The highest BCUT2D eigenvalue weighted by molar-refractivity contribution is 6.31. The maximum absolute atomic E-state index is 13.3. The molecule has 38 heavy (non-hydrogen) atoms. The van der Waals surface area contributed by atoms with E-state index in [0.717, 1.165) is 13.0 Å². The number of ether oxygens (including phenoxy) is 2. The van der Waals surface area contributed by atoms with E-state index in [1.807, 2.05) is 23.9 Å². The van der Waals surface area contributed by atoms with Crippen LogP contribution in [0, 0.1) is 5.82 Å². The predicted molar refractivity (Wildman–Crippen MR) is 144 cm³/mol. The third kappa shape index (κ3) is 6.32. The van der Waals surface area contributed by atoms with E-state index < -0.39 is 11.8 Å². The van der Waals surface area contributed by atoms with E-state index in [9.17, 15) is 14.0 Å². The Morgan fingerprint density at radius 1 is 1.11 bits per heavy atom. The monoisotopic (exact) mass is 543 g/mol. The fourth-order valence-corrected chi connectivity index (χ4v) is 4.59. The number of nitrogens with two attached hydrogens (primary N) is 1. The van der Waals surface area contributed by atoms with Crippen LogP contribution in [-0.4, -0.2) is 86.8 Å². The molecule has 2 aromatic carbocycles. The first-order valence-electron chi connectivity index (χ1n) is 12.4. The Kier molecular flexibility index (Phi) is 8.98. The normalized spacial score (nSPS) is 13.7. The fourth-order valence-electron chi connectivity index (χ4n) is 4.42. The number of amides is 1. The number of hydrogen-bond donors (Lipinski definition) is 1. The van der Waals surface area contributed by atoms with Crippen molar-refractivity contribution in [1.82, 2.24) is 14.8 Å². The molecule has 1 amide bonds. The van der Waals surface area contributed by atoms with Crippen LogP contribution in [0.3, 0.4) is 0 Å². The van der Waals surface area contributed by atoms with Gasteiger partial charge in [-0.2, -0.15) is 0 Å². The molecule has 1 aliphatic heterocycles. The molecule has 1 aliphatic rings. The SMILES string of the molecule is CN(C)CCCOc1nc2ccc(Cl)cc2c(N2CCN(C(=O)c3ccc(F)cc3)CC2)c1C(=O)OCN. The molecule has 1 aromatic heterocycles. The van der Waals surface area contributed by atoms with E-state index in [2.05, 4.69) is 4.98 Å². The lowest BCUT2D eigenvalue weighted by Gasteiger charge is -2.37. The van der Waals surface area contributed by atoms with Gasteiger partial charge in [-0.3, -0.25) is 10.5 Å². The van der Waals surface area contributed by atoms with Crippen LogP contribution in [-0.2, 0) is 4.74 Å². The Morgan fingerprint density at radius 3 is 2.47 bits per heavy atom. The molecule has 0 spiro atoms. The van der Waals surface area contributed by atoms with Gasteiger partial charge in [-0.05, 0) is 63.0 Å². The maximum atomic E-state index is 13.3. The Hall–Kier alpha value is -3.47. The number of pyridine rings is 1. The molecule has 4 rings (SSSR count). The average molecular weight is 544 g/mol. The standard InChI is InChI=1S/C27H31ClFN5O4/c1-32(2)10-3-15-37-25-23(27(36)38-17-30)24(21-16-19(28)6-9-22(21)31-25)33-11-13-34(14-12-33)26(35)18-4-7-20(29)8-5-18/h4-9,16H,3,10-15,17,30H2,1-2H3. The van der Waals surface area contributed by atoms with Crippen molar-refractivity contribution in [3.05, 3.63) is 64.4 Å². The smallest absolute Gasteiger partial charge is 0.347 e. The van der Waals surface area contributed by atoms with Crippen LogP contribution < -0.4 is 15.4 Å². The van der Waals surface area contributed by atoms with Crippen LogP contribution in [0.5, 0.6) is 5.88 Å². The first-order valence-corrected chi connectivity index (χ1v) is 12.7. The number of piperazine rings is 1. The lowest BCUT2D eigenvalue weighted by atomic mass is 10.1. The van der Waals surface area contributed by atoms with Crippen molar-refractivity contribution in [3.8, 4) is 5.88 Å². The second-order valence-electron chi connectivity index (χ2n) is 9.19. The summed E-state index contributed by atoms with van der Waals surface area (Å²) in [6.45, 7) is 2.51. The first-order chi connectivity index (χ1) is 18.3. The molecule has 0 aliphatic carbocycles. The number of carbonyl (C=O) groups is 2. The number of carbonyl (C=O) groups excluding carboxylic acids is 2. The van der Waals surface area contributed by atoms with Gasteiger partial charge in [0.15, 0.2) is 0 Å². The topological polar surface area (TPSA) is 101 Å². The van der Waals surface area contributed by atoms with E-state index >= 15 is 0 Å². The average Bonchev–Trinajstić information content (AvgIpc) is 2.90. The summed E-state index contributed by atoms with van der Waals surface area (Å²) in [6, 6.07) is 10.8. The van der Waals surface area contributed by atoms with Crippen molar-refractivity contribution >= 4 is 40.1 Å². The summed E-state index contributed by atoms with van der Waals surface area (Å²) >= 11 is 6.34. The molecule has 0 bridgehead atoms. The van der Waals surface area contributed by atoms with Crippen molar-refractivity contribution in [1.29, 1.82) is 0 Å². The Bertz CT molecular complexity index is 1300. The molecular formula is C27H31ClFN5O4. The maximum Gasteiger partial charge on any atom is 0.347 e. The lowest BCUT2D eigenvalue weighted by Crippen LogP contribution is -2.49. The molecule has 1 saturated heterocycles. The van der Waals surface area contributed by atoms with Gasteiger partial charge in [-0.25, -0.2) is 14.2 Å². The van der Waals surface area contributed by atoms with Gasteiger partial charge >= 0.3 is 5.97 Å².